The molecule has 0 saturated carbocycles. The lowest BCUT2D eigenvalue weighted by molar-refractivity contribution is -0.113. The molecular weight excluding hydrogens is 303 g/mol. The van der Waals surface area contributed by atoms with E-state index in [9.17, 15) is 4.79 Å². The van der Waals surface area contributed by atoms with Crippen LogP contribution in [0.2, 0.25) is 10.0 Å². The average Bonchev–Trinajstić information content (AvgIpc) is 2.30. The van der Waals surface area contributed by atoms with E-state index in [0.717, 1.165) is 0 Å². The van der Waals surface area contributed by atoms with Crippen LogP contribution in [0.4, 0.5) is 11.4 Å². The number of thioether (sulfide) groups is 1. The first-order valence-electron chi connectivity index (χ1n) is 5.97. The van der Waals surface area contributed by atoms with Gasteiger partial charge in [0.15, 0.2) is 0 Å². The van der Waals surface area contributed by atoms with Gasteiger partial charge in [0.05, 0.1) is 22.2 Å². The number of hydrogen-bond acceptors (Lipinski definition) is 3. The lowest BCUT2D eigenvalue weighted by atomic mass is 10.2. The first-order chi connectivity index (χ1) is 8.81. The maximum absolute atomic E-state index is 11.8. The highest BCUT2D eigenvalue weighted by atomic mass is 35.5. The molecule has 1 atom stereocenters. The zero-order chi connectivity index (χ0) is 14.6. The van der Waals surface area contributed by atoms with Crippen molar-refractivity contribution in [3.8, 4) is 0 Å². The van der Waals surface area contributed by atoms with Crippen molar-refractivity contribution >= 4 is 52.2 Å². The van der Waals surface area contributed by atoms with Crippen LogP contribution in [0.1, 0.15) is 20.8 Å². The monoisotopic (exact) mass is 320 g/mol. The van der Waals surface area contributed by atoms with Gasteiger partial charge in [0.25, 0.3) is 0 Å². The van der Waals surface area contributed by atoms with Gasteiger partial charge < -0.3 is 11.1 Å². The zero-order valence-corrected chi connectivity index (χ0v) is 13.5. The zero-order valence-electron chi connectivity index (χ0n) is 11.2. The summed E-state index contributed by atoms with van der Waals surface area (Å²) in [6.07, 6.45) is 0. The molecule has 0 bridgehead atoms. The Balaban J connectivity index is 2.63. The third-order valence-electron chi connectivity index (χ3n) is 2.77. The number of carbonyl (C=O) groups excluding carboxylic acids is 1. The summed E-state index contributed by atoms with van der Waals surface area (Å²) in [4.78, 5) is 11.8. The van der Waals surface area contributed by atoms with E-state index in [1.807, 2.05) is 0 Å². The molecule has 1 aromatic carbocycles. The first-order valence-corrected chi connectivity index (χ1v) is 7.77. The highest BCUT2D eigenvalue weighted by molar-refractivity contribution is 8.00. The molecule has 1 aromatic rings. The van der Waals surface area contributed by atoms with Gasteiger partial charge in [-0.05, 0) is 18.1 Å². The Morgan fingerprint density at radius 3 is 2.53 bits per heavy atom. The minimum Gasteiger partial charge on any atom is -0.397 e. The Bertz CT molecular complexity index is 443. The third kappa shape index (κ3) is 5.13. The summed E-state index contributed by atoms with van der Waals surface area (Å²) in [6.45, 7) is 6.36. The van der Waals surface area contributed by atoms with Crippen LogP contribution in [-0.2, 0) is 4.79 Å². The summed E-state index contributed by atoms with van der Waals surface area (Å²) >= 11 is 13.4. The Hall–Kier alpha value is -0.580. The number of halogens is 2. The number of nitrogens with two attached hydrogens (primary N) is 1. The molecular formula is C13H18Cl2N2OS. The van der Waals surface area contributed by atoms with Crippen LogP contribution in [0, 0.1) is 5.92 Å². The number of hydrogen-bond donors (Lipinski definition) is 2. The van der Waals surface area contributed by atoms with E-state index < -0.39 is 0 Å². The number of nitrogens with one attached hydrogen (secondary N) is 1. The summed E-state index contributed by atoms with van der Waals surface area (Å²) in [5, 5.41) is 3.94. The quantitative estimate of drug-likeness (QED) is 0.795. The molecule has 1 rings (SSSR count). The molecule has 0 aromatic heterocycles. The molecule has 1 unspecified atom stereocenters. The van der Waals surface area contributed by atoms with Crippen molar-refractivity contribution in [2.75, 3.05) is 16.8 Å². The van der Waals surface area contributed by atoms with Gasteiger partial charge in [-0.1, -0.05) is 44.0 Å². The number of carbonyl (C=O) groups is 1. The second-order valence-corrected chi connectivity index (χ2v) is 6.87. The topological polar surface area (TPSA) is 55.1 Å². The van der Waals surface area contributed by atoms with Crippen LogP contribution in [0.5, 0.6) is 0 Å². The number of amides is 1. The van der Waals surface area contributed by atoms with E-state index in [1.165, 1.54) is 0 Å². The number of anilines is 2. The second-order valence-electron chi connectivity index (χ2n) is 4.66. The minimum atomic E-state index is -0.117. The van der Waals surface area contributed by atoms with E-state index in [4.69, 9.17) is 28.9 Å². The molecule has 0 aliphatic rings. The van der Waals surface area contributed by atoms with Gasteiger partial charge in [0.2, 0.25) is 5.91 Å². The minimum absolute atomic E-state index is 0.117. The predicted molar refractivity (Wildman–Crippen MR) is 86.3 cm³/mol. The van der Waals surface area contributed by atoms with E-state index in [1.54, 1.807) is 23.9 Å². The molecule has 1 amide bonds. The third-order valence-corrected chi connectivity index (χ3v) is 4.78. The highest BCUT2D eigenvalue weighted by Gasteiger charge is 2.13. The van der Waals surface area contributed by atoms with Gasteiger partial charge in [-0.2, -0.15) is 0 Å². The Morgan fingerprint density at radius 2 is 2.00 bits per heavy atom. The van der Waals surface area contributed by atoms with Crippen molar-refractivity contribution in [3.05, 3.63) is 22.2 Å². The summed E-state index contributed by atoms with van der Waals surface area (Å²) in [6, 6.07) is 3.12. The summed E-state index contributed by atoms with van der Waals surface area (Å²) < 4.78 is 0. The molecule has 3 N–H and O–H groups in total. The fourth-order valence-corrected chi connectivity index (χ4v) is 2.73. The van der Waals surface area contributed by atoms with Gasteiger partial charge in [0.1, 0.15) is 0 Å². The van der Waals surface area contributed by atoms with Gasteiger partial charge in [-0.25, -0.2) is 0 Å². The molecule has 0 aliphatic carbocycles. The average molecular weight is 321 g/mol. The van der Waals surface area contributed by atoms with Crippen molar-refractivity contribution in [3.63, 3.8) is 0 Å². The number of nitrogen functional groups attached to an aromatic ring is 1. The SMILES string of the molecule is CC(C)C(C)SCC(=O)Nc1c(N)cc(Cl)cc1Cl. The summed E-state index contributed by atoms with van der Waals surface area (Å²) in [5.41, 5.74) is 6.58. The van der Waals surface area contributed by atoms with E-state index in [0.29, 0.717) is 38.3 Å². The first kappa shape index (κ1) is 16.5. The molecule has 0 fully saturated rings. The molecule has 0 radical (unpaired) electrons. The van der Waals surface area contributed by atoms with Crippen molar-refractivity contribution in [2.45, 2.75) is 26.0 Å². The number of rotatable bonds is 5. The van der Waals surface area contributed by atoms with E-state index in [2.05, 4.69) is 26.1 Å². The number of benzene rings is 1. The van der Waals surface area contributed by atoms with Crippen LogP contribution in [-0.4, -0.2) is 16.9 Å². The van der Waals surface area contributed by atoms with E-state index in [-0.39, 0.29) is 5.91 Å². The highest BCUT2D eigenvalue weighted by Crippen LogP contribution is 2.32. The van der Waals surface area contributed by atoms with Gasteiger partial charge in [-0.15, -0.1) is 11.8 Å². The smallest absolute Gasteiger partial charge is 0.234 e. The van der Waals surface area contributed by atoms with E-state index >= 15 is 0 Å². The standard InChI is InChI=1S/C13H18Cl2N2OS/c1-7(2)8(3)19-6-12(18)17-13-10(15)4-9(14)5-11(13)16/h4-5,7-8H,6,16H2,1-3H3,(H,17,18). The lowest BCUT2D eigenvalue weighted by Crippen LogP contribution is -2.18. The normalized spacial score (nSPS) is 12.5. The van der Waals surface area contributed by atoms with Crippen LogP contribution < -0.4 is 11.1 Å². The molecule has 106 valence electrons. The Kier molecular flexibility index (Phi) is 6.30. The fourth-order valence-electron chi connectivity index (χ4n) is 1.30. The van der Waals surface area contributed by atoms with Gasteiger partial charge >= 0.3 is 0 Å². The molecule has 3 nitrogen and oxygen atoms in total. The molecule has 0 saturated heterocycles. The molecule has 0 spiro atoms. The maximum atomic E-state index is 11.8. The van der Waals surface area contributed by atoms with Crippen molar-refractivity contribution in [1.29, 1.82) is 0 Å². The van der Waals surface area contributed by atoms with Crippen LogP contribution in [0.25, 0.3) is 0 Å². The molecule has 19 heavy (non-hydrogen) atoms. The van der Waals surface area contributed by atoms with Crippen LogP contribution in [0.15, 0.2) is 12.1 Å². The summed E-state index contributed by atoms with van der Waals surface area (Å²) in [5.74, 6) is 0.785. The Labute approximate surface area is 128 Å². The predicted octanol–water partition coefficient (Wildman–Crippen LogP) is 4.29. The van der Waals surface area contributed by atoms with Crippen molar-refractivity contribution < 1.29 is 4.79 Å². The molecule has 6 heteroatoms. The van der Waals surface area contributed by atoms with Crippen molar-refractivity contribution in [2.24, 2.45) is 5.92 Å². The molecule has 0 heterocycles. The second kappa shape index (κ2) is 7.27. The van der Waals surface area contributed by atoms with Crippen LogP contribution >= 0.6 is 35.0 Å². The lowest BCUT2D eigenvalue weighted by Gasteiger charge is -2.15. The summed E-state index contributed by atoms with van der Waals surface area (Å²) in [7, 11) is 0. The largest absolute Gasteiger partial charge is 0.397 e. The van der Waals surface area contributed by atoms with Crippen LogP contribution in [0.3, 0.4) is 0 Å². The Morgan fingerprint density at radius 1 is 1.37 bits per heavy atom. The maximum Gasteiger partial charge on any atom is 0.234 e. The fraction of sp³-hybridized carbons (Fsp3) is 0.462. The molecule has 0 aliphatic heterocycles. The van der Waals surface area contributed by atoms with Crippen molar-refractivity contribution in [1.82, 2.24) is 0 Å². The van der Waals surface area contributed by atoms with Gasteiger partial charge in [-0.3, -0.25) is 4.79 Å². The van der Waals surface area contributed by atoms with Gasteiger partial charge in [0, 0.05) is 10.3 Å².